The molecular weight excluding hydrogens is 269 g/mol. The minimum Gasteiger partial charge on any atom is -0.384 e. The average molecular weight is 282 g/mol. The summed E-state index contributed by atoms with van der Waals surface area (Å²) in [6, 6.07) is 8.87. The van der Waals surface area contributed by atoms with Crippen LogP contribution in [0.4, 0.5) is 0 Å². The van der Waals surface area contributed by atoms with Gasteiger partial charge in [-0.25, -0.2) is 0 Å². The lowest BCUT2D eigenvalue weighted by Gasteiger charge is -2.14. The Bertz CT molecular complexity index is 584. The van der Waals surface area contributed by atoms with Gasteiger partial charge in [0.05, 0.1) is 10.0 Å². The largest absolute Gasteiger partial charge is 0.384 e. The van der Waals surface area contributed by atoms with Crippen LogP contribution in [0.5, 0.6) is 0 Å². The maximum atomic E-state index is 10.3. The van der Waals surface area contributed by atoms with E-state index in [2.05, 4.69) is 4.98 Å². The Balaban J connectivity index is 2.41. The van der Waals surface area contributed by atoms with Crippen LogP contribution in [0.25, 0.3) is 0 Å². The highest BCUT2D eigenvalue weighted by Gasteiger charge is 2.14. The van der Waals surface area contributed by atoms with Crippen molar-refractivity contribution in [3.8, 4) is 0 Å². The van der Waals surface area contributed by atoms with Gasteiger partial charge in [-0.05, 0) is 37.6 Å². The average Bonchev–Trinajstić information content (AvgIpc) is 2.32. The van der Waals surface area contributed by atoms with E-state index in [0.717, 1.165) is 17.0 Å². The number of halogens is 2. The molecule has 0 radical (unpaired) electrons. The highest BCUT2D eigenvalue weighted by atomic mass is 35.5. The molecule has 0 aliphatic carbocycles. The van der Waals surface area contributed by atoms with Gasteiger partial charge in [0, 0.05) is 17.0 Å². The summed E-state index contributed by atoms with van der Waals surface area (Å²) in [6.07, 6.45) is -0.743. The van der Waals surface area contributed by atoms with Crippen LogP contribution in [0.2, 0.25) is 10.0 Å². The number of nitrogens with zero attached hydrogens (tertiary/aromatic N) is 1. The van der Waals surface area contributed by atoms with E-state index in [1.807, 2.05) is 26.0 Å². The summed E-state index contributed by atoms with van der Waals surface area (Å²) in [5.41, 5.74) is 3.23. The first-order valence-corrected chi connectivity index (χ1v) is 6.32. The van der Waals surface area contributed by atoms with Gasteiger partial charge in [-0.2, -0.15) is 0 Å². The first kappa shape index (κ1) is 13.3. The van der Waals surface area contributed by atoms with Crippen molar-refractivity contribution >= 4 is 23.2 Å². The molecule has 1 aromatic heterocycles. The van der Waals surface area contributed by atoms with Gasteiger partial charge in [-0.15, -0.1) is 0 Å². The molecule has 0 aliphatic heterocycles. The Labute approximate surface area is 116 Å². The fraction of sp³-hybridized carbons (Fsp3) is 0.214. The smallest absolute Gasteiger partial charge is 0.106 e. The number of aromatic nitrogens is 1. The lowest BCUT2D eigenvalue weighted by atomic mass is 10.0. The van der Waals surface area contributed by atoms with Crippen molar-refractivity contribution in [2.75, 3.05) is 0 Å². The Hall–Kier alpha value is -1.09. The van der Waals surface area contributed by atoms with Crippen molar-refractivity contribution < 1.29 is 5.11 Å². The Morgan fingerprint density at radius 2 is 1.78 bits per heavy atom. The van der Waals surface area contributed by atoms with E-state index in [1.54, 1.807) is 18.2 Å². The summed E-state index contributed by atoms with van der Waals surface area (Å²) in [6.45, 7) is 3.80. The van der Waals surface area contributed by atoms with Crippen LogP contribution in [-0.4, -0.2) is 10.1 Å². The zero-order chi connectivity index (χ0) is 13.3. The standard InChI is InChI=1S/C14H13Cl2NO/c1-8-3-5-11(9(2)17-8)14(18)10-4-6-12(15)13(16)7-10/h3-7,14,18H,1-2H3. The maximum absolute atomic E-state index is 10.3. The third-order valence-electron chi connectivity index (χ3n) is 2.82. The molecule has 94 valence electrons. The van der Waals surface area contributed by atoms with E-state index in [9.17, 15) is 5.11 Å². The SMILES string of the molecule is Cc1ccc(C(O)c2ccc(Cl)c(Cl)c2)c(C)n1. The molecule has 0 spiro atoms. The third kappa shape index (κ3) is 2.66. The second-order valence-electron chi connectivity index (χ2n) is 4.20. The van der Waals surface area contributed by atoms with Gasteiger partial charge in [0.15, 0.2) is 0 Å². The van der Waals surface area contributed by atoms with Crippen LogP contribution in [0, 0.1) is 13.8 Å². The van der Waals surface area contributed by atoms with Crippen molar-refractivity contribution in [3.05, 3.63) is 62.9 Å². The number of aliphatic hydroxyl groups excluding tert-OH is 1. The number of rotatable bonds is 2. The fourth-order valence-corrected chi connectivity index (χ4v) is 2.15. The van der Waals surface area contributed by atoms with Crippen LogP contribution in [0.15, 0.2) is 30.3 Å². The molecular formula is C14H13Cl2NO. The molecule has 18 heavy (non-hydrogen) atoms. The number of aryl methyl sites for hydroxylation is 2. The molecule has 2 nitrogen and oxygen atoms in total. The normalized spacial score (nSPS) is 12.5. The highest BCUT2D eigenvalue weighted by molar-refractivity contribution is 6.42. The lowest BCUT2D eigenvalue weighted by molar-refractivity contribution is 0.219. The van der Waals surface area contributed by atoms with Gasteiger partial charge in [0.25, 0.3) is 0 Å². The maximum Gasteiger partial charge on any atom is 0.106 e. The van der Waals surface area contributed by atoms with E-state index >= 15 is 0 Å². The van der Waals surface area contributed by atoms with E-state index < -0.39 is 6.10 Å². The predicted octanol–water partition coefficient (Wildman–Crippen LogP) is 4.09. The molecule has 1 heterocycles. The molecule has 0 bridgehead atoms. The molecule has 0 saturated carbocycles. The van der Waals surface area contributed by atoms with Crippen LogP contribution in [0.3, 0.4) is 0 Å². The third-order valence-corrected chi connectivity index (χ3v) is 3.56. The van der Waals surface area contributed by atoms with Crippen LogP contribution in [-0.2, 0) is 0 Å². The van der Waals surface area contributed by atoms with Gasteiger partial charge < -0.3 is 5.11 Å². The first-order chi connectivity index (χ1) is 8.49. The molecule has 1 atom stereocenters. The Kier molecular flexibility index (Phi) is 3.91. The number of hydrogen-bond donors (Lipinski definition) is 1. The first-order valence-electron chi connectivity index (χ1n) is 5.56. The molecule has 4 heteroatoms. The van der Waals surface area contributed by atoms with E-state index in [0.29, 0.717) is 15.6 Å². The van der Waals surface area contributed by atoms with Gasteiger partial charge in [-0.1, -0.05) is 35.3 Å². The molecule has 0 aliphatic rings. The number of hydrogen-bond acceptors (Lipinski definition) is 2. The summed E-state index contributed by atoms with van der Waals surface area (Å²) < 4.78 is 0. The highest BCUT2D eigenvalue weighted by Crippen LogP contribution is 2.29. The topological polar surface area (TPSA) is 33.1 Å². The minimum atomic E-state index is -0.743. The summed E-state index contributed by atoms with van der Waals surface area (Å²) in [5.74, 6) is 0. The van der Waals surface area contributed by atoms with Crippen molar-refractivity contribution in [3.63, 3.8) is 0 Å². The molecule has 0 fully saturated rings. The van der Waals surface area contributed by atoms with Crippen molar-refractivity contribution in [1.29, 1.82) is 0 Å². The van der Waals surface area contributed by atoms with Crippen LogP contribution < -0.4 is 0 Å². The van der Waals surface area contributed by atoms with Gasteiger partial charge >= 0.3 is 0 Å². The quantitative estimate of drug-likeness (QED) is 0.900. The molecule has 0 amide bonds. The summed E-state index contributed by atoms with van der Waals surface area (Å²) >= 11 is 11.8. The number of benzene rings is 1. The Morgan fingerprint density at radius 1 is 1.06 bits per heavy atom. The van der Waals surface area contributed by atoms with Crippen molar-refractivity contribution in [2.45, 2.75) is 20.0 Å². The molecule has 1 unspecified atom stereocenters. The molecule has 2 aromatic rings. The van der Waals surface area contributed by atoms with E-state index in [-0.39, 0.29) is 0 Å². The number of aliphatic hydroxyl groups is 1. The zero-order valence-corrected chi connectivity index (χ0v) is 11.6. The second-order valence-corrected chi connectivity index (χ2v) is 5.02. The van der Waals surface area contributed by atoms with Crippen LogP contribution >= 0.6 is 23.2 Å². The predicted molar refractivity (Wildman–Crippen MR) is 74.2 cm³/mol. The fourth-order valence-electron chi connectivity index (χ4n) is 1.85. The summed E-state index contributed by atoms with van der Waals surface area (Å²) in [7, 11) is 0. The van der Waals surface area contributed by atoms with Gasteiger partial charge in [0.1, 0.15) is 6.10 Å². The van der Waals surface area contributed by atoms with Crippen molar-refractivity contribution in [2.24, 2.45) is 0 Å². The summed E-state index contributed by atoms with van der Waals surface area (Å²) in [5, 5.41) is 11.3. The zero-order valence-electron chi connectivity index (χ0n) is 10.1. The molecule has 2 rings (SSSR count). The van der Waals surface area contributed by atoms with Crippen LogP contribution in [0.1, 0.15) is 28.6 Å². The summed E-state index contributed by atoms with van der Waals surface area (Å²) in [4.78, 5) is 4.34. The molecule has 1 aromatic carbocycles. The monoisotopic (exact) mass is 281 g/mol. The Morgan fingerprint density at radius 3 is 2.39 bits per heavy atom. The van der Waals surface area contributed by atoms with Gasteiger partial charge in [0.2, 0.25) is 0 Å². The number of pyridine rings is 1. The second kappa shape index (κ2) is 5.27. The molecule has 1 N–H and O–H groups in total. The van der Waals surface area contributed by atoms with Crippen molar-refractivity contribution in [1.82, 2.24) is 4.98 Å². The minimum absolute atomic E-state index is 0.436. The van der Waals surface area contributed by atoms with Gasteiger partial charge in [-0.3, -0.25) is 4.98 Å². The van der Waals surface area contributed by atoms with E-state index in [1.165, 1.54) is 0 Å². The van der Waals surface area contributed by atoms with E-state index in [4.69, 9.17) is 23.2 Å². The molecule has 0 saturated heterocycles. The lowest BCUT2D eigenvalue weighted by Crippen LogP contribution is -2.04.